The van der Waals surface area contributed by atoms with Crippen LogP contribution in [0.2, 0.25) is 0 Å². The number of amides is 1. The summed E-state index contributed by atoms with van der Waals surface area (Å²) in [6.07, 6.45) is 0. The zero-order valence-electron chi connectivity index (χ0n) is 17.1. The number of nitrogens with one attached hydrogen (secondary N) is 2. The summed E-state index contributed by atoms with van der Waals surface area (Å²) < 4.78 is 5.40. The van der Waals surface area contributed by atoms with Gasteiger partial charge >= 0.3 is 0 Å². The number of rotatable bonds is 7. The lowest BCUT2D eigenvalue weighted by Crippen LogP contribution is -2.36. The van der Waals surface area contributed by atoms with Crippen LogP contribution in [0, 0.1) is 6.92 Å². The van der Waals surface area contributed by atoms with E-state index in [1.165, 1.54) is 10.4 Å². The number of aryl methyl sites for hydroxylation is 1. The van der Waals surface area contributed by atoms with Gasteiger partial charge < -0.3 is 15.0 Å². The molecular formula is C24H27N3O2S. The molecular weight excluding hydrogens is 394 g/mol. The SMILES string of the molecule is Cc1ccc([C@@H](NCC(=O)Nc2ccc(N3CCOCC3)cc2)c2cccs2)cc1. The number of carbonyl (C=O) groups is 1. The van der Waals surface area contributed by atoms with Crippen LogP contribution >= 0.6 is 11.3 Å². The third kappa shape index (κ3) is 5.27. The van der Waals surface area contributed by atoms with Crippen molar-refractivity contribution in [2.75, 3.05) is 43.1 Å². The van der Waals surface area contributed by atoms with Crippen LogP contribution in [0.15, 0.2) is 66.0 Å². The number of morpholine rings is 1. The molecule has 0 saturated carbocycles. The van der Waals surface area contributed by atoms with E-state index in [-0.39, 0.29) is 18.5 Å². The molecule has 5 nitrogen and oxygen atoms in total. The fourth-order valence-electron chi connectivity index (χ4n) is 3.57. The summed E-state index contributed by atoms with van der Waals surface area (Å²) in [5, 5.41) is 8.47. The zero-order chi connectivity index (χ0) is 20.8. The van der Waals surface area contributed by atoms with Crippen LogP contribution in [-0.2, 0) is 9.53 Å². The maximum absolute atomic E-state index is 12.6. The van der Waals surface area contributed by atoms with Crippen LogP contribution in [0.3, 0.4) is 0 Å². The lowest BCUT2D eigenvalue weighted by Gasteiger charge is -2.28. The van der Waals surface area contributed by atoms with Crippen molar-refractivity contribution in [1.82, 2.24) is 5.32 Å². The Morgan fingerprint density at radius 3 is 2.47 bits per heavy atom. The second kappa shape index (κ2) is 9.89. The summed E-state index contributed by atoms with van der Waals surface area (Å²) in [6.45, 7) is 5.64. The van der Waals surface area contributed by atoms with Gasteiger partial charge in [-0.05, 0) is 48.2 Å². The lowest BCUT2D eigenvalue weighted by molar-refractivity contribution is -0.115. The van der Waals surface area contributed by atoms with Crippen LogP contribution in [-0.4, -0.2) is 38.8 Å². The Balaban J connectivity index is 1.36. The quantitative estimate of drug-likeness (QED) is 0.600. The Kier molecular flexibility index (Phi) is 6.79. The van der Waals surface area contributed by atoms with E-state index in [2.05, 4.69) is 70.3 Å². The van der Waals surface area contributed by atoms with E-state index in [1.54, 1.807) is 11.3 Å². The predicted octanol–water partition coefficient (Wildman–Crippen LogP) is 4.21. The van der Waals surface area contributed by atoms with E-state index in [4.69, 9.17) is 4.74 Å². The normalized spacial score (nSPS) is 15.0. The molecule has 2 heterocycles. The summed E-state index contributed by atoms with van der Waals surface area (Å²) >= 11 is 1.69. The van der Waals surface area contributed by atoms with Gasteiger partial charge in [0.05, 0.1) is 25.8 Å². The molecule has 156 valence electrons. The van der Waals surface area contributed by atoms with Crippen molar-refractivity contribution in [3.8, 4) is 0 Å². The van der Waals surface area contributed by atoms with Crippen LogP contribution in [0.5, 0.6) is 0 Å². The molecule has 1 saturated heterocycles. The van der Waals surface area contributed by atoms with Crippen LogP contribution in [0.4, 0.5) is 11.4 Å². The van der Waals surface area contributed by atoms with Gasteiger partial charge in [-0.15, -0.1) is 11.3 Å². The largest absolute Gasteiger partial charge is 0.378 e. The summed E-state index contributed by atoms with van der Waals surface area (Å²) in [4.78, 5) is 16.1. The summed E-state index contributed by atoms with van der Waals surface area (Å²) in [7, 11) is 0. The first kappa shape index (κ1) is 20.6. The van der Waals surface area contributed by atoms with Crippen molar-refractivity contribution < 1.29 is 9.53 Å². The number of anilines is 2. The summed E-state index contributed by atoms with van der Waals surface area (Å²) in [5.74, 6) is -0.0530. The molecule has 4 rings (SSSR count). The molecule has 0 unspecified atom stereocenters. The molecule has 1 fully saturated rings. The van der Waals surface area contributed by atoms with E-state index in [1.807, 2.05) is 18.2 Å². The molecule has 2 aromatic carbocycles. The van der Waals surface area contributed by atoms with Crippen molar-refractivity contribution in [1.29, 1.82) is 0 Å². The molecule has 0 spiro atoms. The number of nitrogens with zero attached hydrogens (tertiary/aromatic N) is 1. The third-order valence-electron chi connectivity index (χ3n) is 5.23. The van der Waals surface area contributed by atoms with Gasteiger partial charge in [-0.25, -0.2) is 0 Å². The van der Waals surface area contributed by atoms with E-state index in [9.17, 15) is 4.79 Å². The van der Waals surface area contributed by atoms with Gasteiger partial charge in [-0.1, -0.05) is 35.9 Å². The highest BCUT2D eigenvalue weighted by molar-refractivity contribution is 7.10. The maximum Gasteiger partial charge on any atom is 0.238 e. The Hall–Kier alpha value is -2.67. The van der Waals surface area contributed by atoms with Gasteiger partial charge in [0.25, 0.3) is 0 Å². The minimum Gasteiger partial charge on any atom is -0.378 e. The first-order valence-corrected chi connectivity index (χ1v) is 11.1. The fourth-order valence-corrected chi connectivity index (χ4v) is 4.40. The zero-order valence-corrected chi connectivity index (χ0v) is 18.0. The fraction of sp³-hybridized carbons (Fsp3) is 0.292. The van der Waals surface area contributed by atoms with E-state index in [0.717, 1.165) is 43.2 Å². The molecule has 1 aromatic heterocycles. The Morgan fingerprint density at radius 1 is 1.07 bits per heavy atom. The average molecular weight is 422 g/mol. The highest BCUT2D eigenvalue weighted by Crippen LogP contribution is 2.26. The number of carbonyl (C=O) groups excluding carboxylic acids is 1. The van der Waals surface area contributed by atoms with Crippen LogP contribution in [0.1, 0.15) is 22.0 Å². The number of ether oxygens (including phenoxy) is 1. The molecule has 2 N–H and O–H groups in total. The van der Waals surface area contributed by atoms with Gasteiger partial charge in [-0.2, -0.15) is 0 Å². The van der Waals surface area contributed by atoms with E-state index < -0.39 is 0 Å². The van der Waals surface area contributed by atoms with Gasteiger partial charge in [0.1, 0.15) is 0 Å². The van der Waals surface area contributed by atoms with E-state index in [0.29, 0.717) is 0 Å². The minimum absolute atomic E-state index is 0.0000430. The van der Waals surface area contributed by atoms with Gasteiger partial charge in [-0.3, -0.25) is 10.1 Å². The first-order chi connectivity index (χ1) is 14.7. The molecule has 3 aromatic rings. The molecule has 0 radical (unpaired) electrons. The molecule has 1 atom stereocenters. The molecule has 0 aliphatic carbocycles. The van der Waals surface area contributed by atoms with Crippen molar-refractivity contribution in [3.05, 3.63) is 82.0 Å². The third-order valence-corrected chi connectivity index (χ3v) is 6.17. The summed E-state index contributed by atoms with van der Waals surface area (Å²) in [6, 6.07) is 20.6. The van der Waals surface area contributed by atoms with Crippen LogP contribution in [0.25, 0.3) is 0 Å². The van der Waals surface area contributed by atoms with Crippen molar-refractivity contribution in [2.24, 2.45) is 0 Å². The van der Waals surface area contributed by atoms with Gasteiger partial charge in [0.15, 0.2) is 0 Å². The summed E-state index contributed by atoms with van der Waals surface area (Å²) in [5.41, 5.74) is 4.35. The van der Waals surface area contributed by atoms with Crippen LogP contribution < -0.4 is 15.5 Å². The number of hydrogen-bond donors (Lipinski definition) is 2. The number of benzene rings is 2. The molecule has 1 amide bonds. The van der Waals surface area contributed by atoms with Gasteiger partial charge in [0.2, 0.25) is 5.91 Å². The molecule has 1 aliphatic rings. The Bertz CT molecular complexity index is 934. The molecule has 30 heavy (non-hydrogen) atoms. The number of hydrogen-bond acceptors (Lipinski definition) is 5. The standard InChI is InChI=1S/C24H27N3O2S/c1-18-4-6-19(7-5-18)24(22-3-2-16-30-22)25-17-23(28)26-20-8-10-21(11-9-20)27-12-14-29-15-13-27/h2-11,16,24-25H,12-15,17H2,1H3,(H,26,28)/t24-/m1/s1. The average Bonchev–Trinajstić information content (AvgIpc) is 3.31. The highest BCUT2D eigenvalue weighted by atomic mass is 32.1. The predicted molar refractivity (Wildman–Crippen MR) is 123 cm³/mol. The van der Waals surface area contributed by atoms with Crippen molar-refractivity contribution in [3.63, 3.8) is 0 Å². The highest BCUT2D eigenvalue weighted by Gasteiger charge is 2.16. The molecule has 6 heteroatoms. The second-order valence-corrected chi connectivity index (χ2v) is 8.41. The van der Waals surface area contributed by atoms with Crippen molar-refractivity contribution in [2.45, 2.75) is 13.0 Å². The molecule has 0 bridgehead atoms. The Morgan fingerprint density at radius 2 is 1.80 bits per heavy atom. The number of thiophene rings is 1. The smallest absolute Gasteiger partial charge is 0.238 e. The van der Waals surface area contributed by atoms with Gasteiger partial charge in [0, 0.05) is 29.3 Å². The lowest BCUT2D eigenvalue weighted by atomic mass is 10.0. The van der Waals surface area contributed by atoms with E-state index >= 15 is 0 Å². The monoisotopic (exact) mass is 421 g/mol. The maximum atomic E-state index is 12.6. The first-order valence-electron chi connectivity index (χ1n) is 10.2. The second-order valence-electron chi connectivity index (χ2n) is 7.43. The Labute approximate surface area is 181 Å². The topological polar surface area (TPSA) is 53.6 Å². The minimum atomic E-state index is -0.0530. The van der Waals surface area contributed by atoms with Crippen molar-refractivity contribution >= 4 is 28.6 Å². The molecule has 1 aliphatic heterocycles.